The molecule has 0 bridgehead atoms. The third-order valence-corrected chi connectivity index (χ3v) is 4.26. The van der Waals surface area contributed by atoms with Gasteiger partial charge in [-0.1, -0.05) is 37.3 Å². The third-order valence-electron chi connectivity index (χ3n) is 4.26. The van der Waals surface area contributed by atoms with E-state index >= 15 is 0 Å². The lowest BCUT2D eigenvalue weighted by molar-refractivity contribution is -0.890. The van der Waals surface area contributed by atoms with E-state index in [2.05, 4.69) is 50.3 Å². The van der Waals surface area contributed by atoms with E-state index in [9.17, 15) is 5.11 Å². The molecule has 4 heteroatoms. The van der Waals surface area contributed by atoms with Crippen LogP contribution in [0.4, 0.5) is 0 Å². The minimum Gasteiger partial charge on any atom is -0.504 e. The van der Waals surface area contributed by atoms with Crippen LogP contribution < -0.4 is 9.64 Å². The maximum absolute atomic E-state index is 10.1. The monoisotopic (exact) mass is 327 g/mol. The predicted molar refractivity (Wildman–Crippen MR) is 98.5 cm³/mol. The fourth-order valence-corrected chi connectivity index (χ4v) is 2.67. The molecule has 0 fully saturated rings. The molecule has 1 atom stereocenters. The first kappa shape index (κ1) is 18.0. The quantitative estimate of drug-likeness (QED) is 0.766. The largest absolute Gasteiger partial charge is 0.504 e. The van der Waals surface area contributed by atoms with E-state index in [4.69, 9.17) is 4.74 Å². The molecule has 2 aromatic rings. The van der Waals surface area contributed by atoms with Gasteiger partial charge in [-0.15, -0.1) is 0 Å². The van der Waals surface area contributed by atoms with Gasteiger partial charge in [-0.2, -0.15) is 0 Å². The van der Waals surface area contributed by atoms with Gasteiger partial charge in [-0.05, 0) is 24.1 Å². The molecule has 4 nitrogen and oxygen atoms in total. The molecule has 24 heavy (non-hydrogen) atoms. The van der Waals surface area contributed by atoms with Crippen LogP contribution in [0.1, 0.15) is 29.7 Å². The van der Waals surface area contributed by atoms with Gasteiger partial charge in [0, 0.05) is 17.3 Å². The normalized spacial score (nSPS) is 12.7. The summed E-state index contributed by atoms with van der Waals surface area (Å²) in [4.78, 5) is 5.88. The Labute approximate surface area is 144 Å². The average molecular weight is 327 g/mol. The first-order valence-corrected chi connectivity index (χ1v) is 8.31. The average Bonchev–Trinajstić information content (AvgIpc) is 2.60. The zero-order valence-corrected chi connectivity index (χ0v) is 14.9. The number of phenolic OH excluding ortho intramolecular Hbond substituents is 1. The molecule has 0 saturated heterocycles. The highest BCUT2D eigenvalue weighted by Gasteiger charge is 2.17. The number of nitrogens with one attached hydrogen (secondary N) is 1. The maximum atomic E-state index is 10.1. The topological polar surface area (TPSA) is 46.3 Å². The van der Waals surface area contributed by atoms with E-state index in [1.165, 1.54) is 16.0 Å². The smallest absolute Gasteiger partial charge is 0.166 e. The zero-order chi connectivity index (χ0) is 17.5. The molecule has 0 heterocycles. The van der Waals surface area contributed by atoms with Gasteiger partial charge in [0.2, 0.25) is 0 Å². The van der Waals surface area contributed by atoms with Crippen LogP contribution in [0.15, 0.2) is 47.5 Å². The Hall–Kier alpha value is -2.33. The molecule has 128 valence electrons. The van der Waals surface area contributed by atoms with Crippen LogP contribution in [-0.2, 0) is 6.42 Å². The third kappa shape index (κ3) is 4.36. The van der Waals surface area contributed by atoms with Gasteiger partial charge in [0.15, 0.2) is 11.5 Å². The van der Waals surface area contributed by atoms with Gasteiger partial charge < -0.3 is 14.7 Å². The summed E-state index contributed by atoms with van der Waals surface area (Å²) in [5.41, 5.74) is 3.29. The highest BCUT2D eigenvalue weighted by molar-refractivity contribution is 5.84. The summed E-state index contributed by atoms with van der Waals surface area (Å²) in [6.45, 7) is 2.82. The van der Waals surface area contributed by atoms with Crippen molar-refractivity contribution in [1.82, 2.24) is 0 Å². The lowest BCUT2D eigenvalue weighted by atomic mass is 10.0. The van der Waals surface area contributed by atoms with Crippen LogP contribution in [0.25, 0.3) is 0 Å². The molecule has 2 aromatic carbocycles. The molecule has 0 saturated carbocycles. The van der Waals surface area contributed by atoms with E-state index in [0.29, 0.717) is 17.9 Å². The molecule has 0 aliphatic rings. The number of aliphatic imine (C=N–C) groups is 1. The second kappa shape index (κ2) is 8.50. The van der Waals surface area contributed by atoms with Gasteiger partial charge in [0.25, 0.3) is 0 Å². The van der Waals surface area contributed by atoms with Crippen LogP contribution in [0.3, 0.4) is 0 Å². The van der Waals surface area contributed by atoms with Crippen LogP contribution in [0.5, 0.6) is 11.5 Å². The second-order valence-electron chi connectivity index (χ2n) is 6.12. The fourth-order valence-electron chi connectivity index (χ4n) is 2.67. The Kier molecular flexibility index (Phi) is 6.38. The second-order valence-corrected chi connectivity index (χ2v) is 6.12. The summed E-state index contributed by atoms with van der Waals surface area (Å²) >= 11 is 0. The predicted octanol–water partition coefficient (Wildman–Crippen LogP) is 2.27. The summed E-state index contributed by atoms with van der Waals surface area (Å²) in [7, 11) is 5.81. The molecule has 0 radical (unpaired) electrons. The number of methoxy groups -OCH3 is 1. The highest BCUT2D eigenvalue weighted by Crippen LogP contribution is 2.28. The summed E-state index contributed by atoms with van der Waals surface area (Å²) in [5.74, 6) is 0.591. The van der Waals surface area contributed by atoms with Crippen LogP contribution in [-0.4, -0.2) is 39.1 Å². The van der Waals surface area contributed by atoms with Crippen molar-refractivity contribution in [1.29, 1.82) is 0 Å². The molecule has 0 aliphatic heterocycles. The Morgan fingerprint density at radius 1 is 1.17 bits per heavy atom. The van der Waals surface area contributed by atoms with Crippen molar-refractivity contribution in [3.8, 4) is 11.5 Å². The summed E-state index contributed by atoms with van der Waals surface area (Å²) in [5, 5.41) is 10.1. The van der Waals surface area contributed by atoms with Crippen molar-refractivity contribution >= 4 is 6.21 Å². The van der Waals surface area contributed by atoms with Gasteiger partial charge in [-0.3, -0.25) is 4.99 Å². The Bertz CT molecular complexity index is 679. The number of quaternary nitrogens is 1. The van der Waals surface area contributed by atoms with Crippen molar-refractivity contribution in [2.45, 2.75) is 19.4 Å². The van der Waals surface area contributed by atoms with E-state index in [1.807, 2.05) is 12.1 Å². The molecule has 2 rings (SSSR count). The zero-order valence-electron chi connectivity index (χ0n) is 14.9. The molecule has 0 aliphatic carbocycles. The van der Waals surface area contributed by atoms with Crippen molar-refractivity contribution < 1.29 is 14.7 Å². The number of likely N-dealkylation sites (N-methyl/N-ethyl adjacent to an activating group) is 1. The molecule has 0 spiro atoms. The summed E-state index contributed by atoms with van der Waals surface area (Å²) in [6, 6.07) is 14.4. The minimum absolute atomic E-state index is 0.129. The Morgan fingerprint density at radius 3 is 2.46 bits per heavy atom. The first-order chi connectivity index (χ1) is 11.6. The number of benzene rings is 2. The Morgan fingerprint density at radius 2 is 1.88 bits per heavy atom. The fraction of sp³-hybridized carbons (Fsp3) is 0.350. The molecule has 0 unspecified atom stereocenters. The lowest BCUT2D eigenvalue weighted by Crippen LogP contribution is -3.06. The summed E-state index contributed by atoms with van der Waals surface area (Å²) in [6.07, 6.45) is 2.77. The standard InChI is InChI=1S/C20H26N2O2/c1-5-15-9-11-16(12-10-15)18(22(2)3)14-21-13-17-7-6-8-19(24-4)20(17)23/h6-13,18,23H,5,14H2,1-4H3/p+1/t18-/m0/s1. The Balaban J connectivity index is 2.14. The number of aromatic hydroxyl groups is 1. The van der Waals surface area contributed by atoms with Gasteiger partial charge in [0.05, 0.1) is 27.7 Å². The number of nitrogens with zero attached hydrogens (tertiary/aromatic N) is 1. The molecule has 0 aromatic heterocycles. The number of hydrogen-bond acceptors (Lipinski definition) is 3. The molecular weight excluding hydrogens is 300 g/mol. The van der Waals surface area contributed by atoms with Crippen molar-refractivity contribution in [3.63, 3.8) is 0 Å². The van der Waals surface area contributed by atoms with Gasteiger partial charge >= 0.3 is 0 Å². The van der Waals surface area contributed by atoms with Gasteiger partial charge in [-0.25, -0.2) is 0 Å². The molecular formula is C20H27N2O2+. The maximum Gasteiger partial charge on any atom is 0.166 e. The number of hydrogen-bond donors (Lipinski definition) is 2. The number of para-hydroxylation sites is 1. The van der Waals surface area contributed by atoms with Crippen molar-refractivity contribution in [2.75, 3.05) is 27.7 Å². The van der Waals surface area contributed by atoms with E-state index < -0.39 is 0 Å². The van der Waals surface area contributed by atoms with Crippen molar-refractivity contribution in [2.24, 2.45) is 4.99 Å². The van der Waals surface area contributed by atoms with Gasteiger partial charge in [0.1, 0.15) is 6.04 Å². The van der Waals surface area contributed by atoms with Crippen LogP contribution >= 0.6 is 0 Å². The lowest BCUT2D eigenvalue weighted by Gasteiger charge is -2.20. The van der Waals surface area contributed by atoms with Crippen LogP contribution in [0.2, 0.25) is 0 Å². The summed E-state index contributed by atoms with van der Waals surface area (Å²) < 4.78 is 5.13. The number of aryl methyl sites for hydroxylation is 1. The number of rotatable bonds is 7. The SMILES string of the molecule is CCc1ccc([C@H](CN=Cc2cccc(OC)c2O)[NH+](C)C)cc1. The van der Waals surface area contributed by atoms with Crippen molar-refractivity contribution in [3.05, 3.63) is 59.2 Å². The highest BCUT2D eigenvalue weighted by atomic mass is 16.5. The molecule has 2 N–H and O–H groups in total. The first-order valence-electron chi connectivity index (χ1n) is 8.31. The molecule has 0 amide bonds. The van der Waals surface area contributed by atoms with E-state index in [0.717, 1.165) is 6.42 Å². The minimum atomic E-state index is 0.129. The number of ether oxygens (including phenoxy) is 1. The van der Waals surface area contributed by atoms with E-state index in [-0.39, 0.29) is 11.8 Å². The van der Waals surface area contributed by atoms with E-state index in [1.54, 1.807) is 19.4 Å². The number of phenols is 1. The van der Waals surface area contributed by atoms with Crippen LogP contribution in [0, 0.1) is 0 Å².